The smallest absolute Gasteiger partial charge is 0.0880 e. The number of hydrogen-bond donors (Lipinski definition) is 0. The molecule has 1 aliphatic rings. The Morgan fingerprint density at radius 2 is 1.66 bits per heavy atom. The Kier molecular flexibility index (Phi) is 4.14. The maximum atomic E-state index is 4.94. The SMILES string of the molecule is CC(C)(C)c1cc(-c2nccc3c2sc2c4c(ccc23)CCC4(C)C)cc2ccccc12. The quantitative estimate of drug-likeness (QED) is 0.256. The number of rotatable bonds is 1. The molecule has 1 nitrogen and oxygen atoms in total. The predicted molar refractivity (Wildman–Crippen MR) is 140 cm³/mol. The second-order valence-corrected chi connectivity index (χ2v) is 12.0. The molecule has 2 heterocycles. The number of thiophene rings is 1. The molecule has 5 aromatic rings. The van der Waals surface area contributed by atoms with E-state index in [2.05, 4.69) is 89.2 Å². The number of benzene rings is 3. The molecule has 0 bridgehead atoms. The largest absolute Gasteiger partial charge is 0.255 e. The first-order valence-electron chi connectivity index (χ1n) is 11.6. The minimum Gasteiger partial charge on any atom is -0.255 e. The van der Waals surface area contributed by atoms with Gasteiger partial charge < -0.3 is 0 Å². The maximum Gasteiger partial charge on any atom is 0.0880 e. The molecule has 0 atom stereocenters. The van der Waals surface area contributed by atoms with E-state index in [1.54, 1.807) is 5.56 Å². The lowest BCUT2D eigenvalue weighted by Gasteiger charge is -2.22. The summed E-state index contributed by atoms with van der Waals surface area (Å²) in [5, 5.41) is 5.36. The van der Waals surface area contributed by atoms with Crippen molar-refractivity contribution in [2.24, 2.45) is 0 Å². The van der Waals surface area contributed by atoms with Crippen molar-refractivity contribution in [2.45, 2.75) is 58.3 Å². The Morgan fingerprint density at radius 1 is 0.875 bits per heavy atom. The van der Waals surface area contributed by atoms with Gasteiger partial charge in [0.05, 0.1) is 10.4 Å². The summed E-state index contributed by atoms with van der Waals surface area (Å²) in [6.45, 7) is 11.7. The molecular formula is C30H29NS. The second kappa shape index (κ2) is 6.65. The lowest BCUT2D eigenvalue weighted by Crippen LogP contribution is -2.12. The van der Waals surface area contributed by atoms with Crippen molar-refractivity contribution >= 4 is 42.3 Å². The fraction of sp³-hybridized carbons (Fsp3) is 0.300. The molecule has 2 heteroatoms. The third-order valence-corrected chi connectivity index (χ3v) is 8.53. The van der Waals surface area contributed by atoms with Gasteiger partial charge >= 0.3 is 0 Å². The summed E-state index contributed by atoms with van der Waals surface area (Å²) in [5.74, 6) is 0. The fourth-order valence-electron chi connectivity index (χ4n) is 5.60. The van der Waals surface area contributed by atoms with Gasteiger partial charge in [0.25, 0.3) is 0 Å². The third-order valence-electron chi connectivity index (χ3n) is 7.28. The van der Waals surface area contributed by atoms with Gasteiger partial charge in [0.2, 0.25) is 0 Å². The van der Waals surface area contributed by atoms with E-state index in [1.165, 1.54) is 60.5 Å². The lowest BCUT2D eigenvalue weighted by atomic mass is 9.82. The van der Waals surface area contributed by atoms with Crippen LogP contribution in [0.3, 0.4) is 0 Å². The summed E-state index contributed by atoms with van der Waals surface area (Å²) in [4.78, 5) is 4.94. The lowest BCUT2D eigenvalue weighted by molar-refractivity contribution is 0.526. The zero-order valence-electron chi connectivity index (χ0n) is 19.5. The number of aryl methyl sites for hydroxylation is 1. The topological polar surface area (TPSA) is 12.9 Å². The van der Waals surface area contributed by atoms with Crippen molar-refractivity contribution < 1.29 is 0 Å². The molecule has 0 spiro atoms. The monoisotopic (exact) mass is 435 g/mol. The molecule has 0 N–H and O–H groups in total. The average molecular weight is 436 g/mol. The normalized spacial score (nSPS) is 15.7. The Labute approximate surface area is 194 Å². The van der Waals surface area contributed by atoms with Crippen LogP contribution in [0.1, 0.15) is 57.7 Å². The number of pyridine rings is 1. The highest BCUT2D eigenvalue weighted by molar-refractivity contribution is 7.26. The van der Waals surface area contributed by atoms with Gasteiger partial charge in [0.15, 0.2) is 0 Å². The first-order chi connectivity index (χ1) is 15.2. The van der Waals surface area contributed by atoms with E-state index in [-0.39, 0.29) is 10.8 Å². The predicted octanol–water partition coefficient (Wildman–Crippen LogP) is 8.79. The Hall–Kier alpha value is -2.71. The number of hydrogen-bond acceptors (Lipinski definition) is 2. The summed E-state index contributed by atoms with van der Waals surface area (Å²) in [7, 11) is 0. The van der Waals surface area contributed by atoms with Crippen molar-refractivity contribution in [3.8, 4) is 11.3 Å². The summed E-state index contributed by atoms with van der Waals surface area (Å²) < 4.78 is 2.78. The molecule has 0 fully saturated rings. The molecule has 1 aliphatic carbocycles. The summed E-state index contributed by atoms with van der Waals surface area (Å²) in [5.41, 5.74) is 7.12. The van der Waals surface area contributed by atoms with Crippen molar-refractivity contribution in [2.75, 3.05) is 0 Å². The van der Waals surface area contributed by atoms with Crippen LogP contribution in [0.15, 0.2) is 60.8 Å². The van der Waals surface area contributed by atoms with Gasteiger partial charge in [-0.1, -0.05) is 71.0 Å². The molecule has 0 saturated carbocycles. The average Bonchev–Trinajstić information content (AvgIpc) is 3.29. The van der Waals surface area contributed by atoms with Crippen molar-refractivity contribution in [1.29, 1.82) is 0 Å². The van der Waals surface area contributed by atoms with Crippen LogP contribution in [0, 0.1) is 0 Å². The van der Waals surface area contributed by atoms with Gasteiger partial charge in [0.1, 0.15) is 0 Å². The third kappa shape index (κ3) is 2.85. The van der Waals surface area contributed by atoms with Crippen LogP contribution in [0.4, 0.5) is 0 Å². The number of aromatic nitrogens is 1. The molecule has 0 aliphatic heterocycles. The maximum absolute atomic E-state index is 4.94. The zero-order chi connectivity index (χ0) is 22.3. The molecule has 0 radical (unpaired) electrons. The molecule has 160 valence electrons. The highest BCUT2D eigenvalue weighted by Crippen LogP contribution is 2.48. The van der Waals surface area contributed by atoms with E-state index in [1.807, 2.05) is 17.5 Å². The van der Waals surface area contributed by atoms with E-state index < -0.39 is 0 Å². The minimum atomic E-state index is 0.0640. The first-order valence-corrected chi connectivity index (χ1v) is 12.4. The molecular weight excluding hydrogens is 406 g/mol. The Morgan fingerprint density at radius 3 is 2.47 bits per heavy atom. The number of nitrogens with zero attached hydrogens (tertiary/aromatic N) is 1. The standard InChI is InChI=1S/C30H29NS/c1-29(2,3)24-17-20(16-19-8-6-7-9-21(19)24)26-28-23(13-15-31-26)22-11-10-18-12-14-30(4,5)25(18)27(22)32-28/h6-11,13,15-17H,12,14H2,1-5H3. The Bertz CT molecular complexity index is 1530. The fourth-order valence-corrected chi connectivity index (χ4v) is 7.16. The van der Waals surface area contributed by atoms with Gasteiger partial charge in [-0.25, -0.2) is 0 Å². The van der Waals surface area contributed by atoms with E-state index >= 15 is 0 Å². The highest BCUT2D eigenvalue weighted by atomic mass is 32.1. The van der Waals surface area contributed by atoms with Crippen LogP contribution in [0.25, 0.3) is 42.2 Å². The highest BCUT2D eigenvalue weighted by Gasteiger charge is 2.32. The second-order valence-electron chi connectivity index (χ2n) is 11.0. The van der Waals surface area contributed by atoms with Gasteiger partial charge in [-0.15, -0.1) is 11.3 Å². The summed E-state index contributed by atoms with van der Waals surface area (Å²) in [6.07, 6.45) is 4.42. The molecule has 0 saturated heterocycles. The van der Waals surface area contributed by atoms with E-state index in [0.29, 0.717) is 0 Å². The number of fused-ring (bicyclic) bond motifs is 6. The van der Waals surface area contributed by atoms with Crippen molar-refractivity contribution in [1.82, 2.24) is 4.98 Å². The van der Waals surface area contributed by atoms with Crippen LogP contribution < -0.4 is 0 Å². The van der Waals surface area contributed by atoms with Gasteiger partial charge in [0, 0.05) is 27.2 Å². The summed E-state index contributed by atoms with van der Waals surface area (Å²) >= 11 is 1.95. The van der Waals surface area contributed by atoms with Gasteiger partial charge in [-0.3, -0.25) is 4.98 Å². The molecule has 0 amide bonds. The van der Waals surface area contributed by atoms with Gasteiger partial charge in [-0.05, 0) is 69.3 Å². The molecule has 32 heavy (non-hydrogen) atoms. The molecule has 6 rings (SSSR count). The van der Waals surface area contributed by atoms with Crippen LogP contribution in [0.2, 0.25) is 0 Å². The van der Waals surface area contributed by atoms with E-state index in [0.717, 1.165) is 5.69 Å². The zero-order valence-corrected chi connectivity index (χ0v) is 20.4. The first kappa shape index (κ1) is 19.9. The molecule has 2 aromatic heterocycles. The molecule has 0 unspecified atom stereocenters. The summed E-state index contributed by atoms with van der Waals surface area (Å²) in [6, 6.07) is 20.4. The van der Waals surface area contributed by atoms with Crippen molar-refractivity contribution in [3.05, 3.63) is 77.5 Å². The van der Waals surface area contributed by atoms with Gasteiger partial charge in [-0.2, -0.15) is 0 Å². The van der Waals surface area contributed by atoms with Crippen LogP contribution in [0.5, 0.6) is 0 Å². The Balaban J connectivity index is 1.68. The van der Waals surface area contributed by atoms with E-state index in [4.69, 9.17) is 4.98 Å². The van der Waals surface area contributed by atoms with Crippen LogP contribution in [-0.2, 0) is 17.3 Å². The van der Waals surface area contributed by atoms with E-state index in [9.17, 15) is 0 Å². The van der Waals surface area contributed by atoms with Crippen molar-refractivity contribution in [3.63, 3.8) is 0 Å². The van der Waals surface area contributed by atoms with Crippen LogP contribution in [-0.4, -0.2) is 4.98 Å². The molecule has 3 aromatic carbocycles. The minimum absolute atomic E-state index is 0.0640. The van der Waals surface area contributed by atoms with Crippen LogP contribution >= 0.6 is 11.3 Å².